The highest BCUT2D eigenvalue weighted by Gasteiger charge is 2.32. The molecule has 4 nitrogen and oxygen atoms in total. The zero-order valence-corrected chi connectivity index (χ0v) is 10.7. The van der Waals surface area contributed by atoms with Gasteiger partial charge in [0.05, 0.1) is 11.1 Å². The van der Waals surface area contributed by atoms with Gasteiger partial charge in [0.15, 0.2) is 0 Å². The summed E-state index contributed by atoms with van der Waals surface area (Å²) in [5, 5.41) is 18.6. The highest BCUT2D eigenvalue weighted by Crippen LogP contribution is 2.37. The predicted molar refractivity (Wildman–Crippen MR) is 75.1 cm³/mol. The van der Waals surface area contributed by atoms with E-state index in [1.165, 1.54) is 6.07 Å². The maximum atomic E-state index is 11.5. The zero-order valence-electron chi connectivity index (χ0n) is 10.7. The minimum atomic E-state index is -1.25. The van der Waals surface area contributed by atoms with Gasteiger partial charge in [0.2, 0.25) is 0 Å². The van der Waals surface area contributed by atoms with E-state index in [1.807, 2.05) is 24.3 Å². The van der Waals surface area contributed by atoms with E-state index < -0.39 is 17.4 Å². The number of benzene rings is 1. The molecule has 1 aliphatic carbocycles. The summed E-state index contributed by atoms with van der Waals surface area (Å²) in [6.07, 6.45) is 9.62. The first-order chi connectivity index (χ1) is 9.52. The number of carbonyl (C=O) groups is 2. The van der Waals surface area contributed by atoms with Gasteiger partial charge in [0.1, 0.15) is 0 Å². The third kappa shape index (κ3) is 2.16. The SMILES string of the molecule is C=CC1(c2cccc(C(=O)O)c2C(=O)O)C=CC=CC1. The second-order valence-electron chi connectivity index (χ2n) is 4.57. The molecule has 0 saturated carbocycles. The largest absolute Gasteiger partial charge is 0.478 e. The van der Waals surface area contributed by atoms with Crippen molar-refractivity contribution in [2.24, 2.45) is 0 Å². The van der Waals surface area contributed by atoms with Gasteiger partial charge < -0.3 is 10.2 Å². The molecule has 1 aliphatic rings. The van der Waals surface area contributed by atoms with Crippen LogP contribution >= 0.6 is 0 Å². The highest BCUT2D eigenvalue weighted by molar-refractivity contribution is 6.03. The molecule has 0 radical (unpaired) electrons. The smallest absolute Gasteiger partial charge is 0.336 e. The van der Waals surface area contributed by atoms with Crippen molar-refractivity contribution in [3.05, 3.63) is 71.8 Å². The number of hydrogen-bond acceptors (Lipinski definition) is 2. The first-order valence-electron chi connectivity index (χ1n) is 6.10. The van der Waals surface area contributed by atoms with Gasteiger partial charge in [0, 0.05) is 5.41 Å². The standard InChI is InChI=1S/C16H14O4/c1-2-16(9-4-3-5-10-16)12-8-6-7-11(14(17)18)13(12)15(19)20/h2-9H,1,10H2,(H,17,18)(H,19,20). The minimum absolute atomic E-state index is 0.181. The van der Waals surface area contributed by atoms with Crippen molar-refractivity contribution in [3.63, 3.8) is 0 Å². The first-order valence-corrected chi connectivity index (χ1v) is 6.10. The Kier molecular flexibility index (Phi) is 3.57. The van der Waals surface area contributed by atoms with Crippen molar-refractivity contribution >= 4 is 11.9 Å². The summed E-state index contributed by atoms with van der Waals surface area (Å²) in [7, 11) is 0. The van der Waals surface area contributed by atoms with E-state index in [0.717, 1.165) is 0 Å². The second-order valence-corrected chi connectivity index (χ2v) is 4.57. The zero-order chi connectivity index (χ0) is 14.8. The number of aromatic carboxylic acids is 2. The summed E-state index contributed by atoms with van der Waals surface area (Å²) >= 11 is 0. The van der Waals surface area contributed by atoms with Crippen molar-refractivity contribution in [1.82, 2.24) is 0 Å². The monoisotopic (exact) mass is 270 g/mol. The summed E-state index contributed by atoms with van der Waals surface area (Å²) in [4.78, 5) is 22.7. The summed E-state index contributed by atoms with van der Waals surface area (Å²) in [5.74, 6) is -2.50. The molecule has 2 N–H and O–H groups in total. The maximum absolute atomic E-state index is 11.5. The molecule has 0 bridgehead atoms. The van der Waals surface area contributed by atoms with E-state index in [-0.39, 0.29) is 11.1 Å². The third-order valence-electron chi connectivity index (χ3n) is 3.47. The molecular weight excluding hydrogens is 256 g/mol. The molecule has 0 saturated heterocycles. The van der Waals surface area contributed by atoms with E-state index in [9.17, 15) is 19.8 Å². The maximum Gasteiger partial charge on any atom is 0.336 e. The lowest BCUT2D eigenvalue weighted by Gasteiger charge is -2.30. The van der Waals surface area contributed by atoms with E-state index in [4.69, 9.17) is 0 Å². The molecular formula is C16H14O4. The molecule has 1 atom stereocenters. The Balaban J connectivity index is 2.74. The van der Waals surface area contributed by atoms with Crippen molar-refractivity contribution < 1.29 is 19.8 Å². The Labute approximate surface area is 116 Å². The van der Waals surface area contributed by atoms with Crippen LogP contribution in [0.1, 0.15) is 32.7 Å². The highest BCUT2D eigenvalue weighted by atomic mass is 16.4. The van der Waals surface area contributed by atoms with Crippen LogP contribution in [-0.4, -0.2) is 22.2 Å². The normalized spacial score (nSPS) is 20.6. The molecule has 0 fully saturated rings. The Morgan fingerprint density at radius 1 is 1.20 bits per heavy atom. The average molecular weight is 270 g/mol. The van der Waals surface area contributed by atoms with Gasteiger partial charge in [-0.1, -0.05) is 42.5 Å². The molecule has 0 aliphatic heterocycles. The quantitative estimate of drug-likeness (QED) is 0.825. The molecule has 1 aromatic carbocycles. The predicted octanol–water partition coefficient (Wildman–Crippen LogP) is 3.02. The van der Waals surface area contributed by atoms with Crippen LogP contribution in [0.4, 0.5) is 0 Å². The van der Waals surface area contributed by atoms with E-state index >= 15 is 0 Å². The van der Waals surface area contributed by atoms with Crippen LogP contribution in [0, 0.1) is 0 Å². The molecule has 4 heteroatoms. The lowest BCUT2D eigenvalue weighted by molar-refractivity contribution is 0.0650. The van der Waals surface area contributed by atoms with Crippen molar-refractivity contribution in [1.29, 1.82) is 0 Å². The molecule has 20 heavy (non-hydrogen) atoms. The van der Waals surface area contributed by atoms with Crippen LogP contribution < -0.4 is 0 Å². The number of hydrogen-bond donors (Lipinski definition) is 2. The van der Waals surface area contributed by atoms with Crippen LogP contribution in [0.3, 0.4) is 0 Å². The van der Waals surface area contributed by atoms with Gasteiger partial charge in [-0.05, 0) is 18.1 Å². The first kappa shape index (κ1) is 13.8. The average Bonchev–Trinajstić information content (AvgIpc) is 2.47. The minimum Gasteiger partial charge on any atom is -0.478 e. The Bertz CT molecular complexity index is 640. The Morgan fingerprint density at radius 3 is 2.45 bits per heavy atom. The molecule has 0 amide bonds. The molecule has 0 spiro atoms. The van der Waals surface area contributed by atoms with Gasteiger partial charge in [-0.25, -0.2) is 9.59 Å². The molecule has 1 unspecified atom stereocenters. The van der Waals surface area contributed by atoms with E-state index in [0.29, 0.717) is 12.0 Å². The number of carboxylic acids is 2. The number of rotatable bonds is 4. The fraction of sp³-hybridized carbons (Fsp3) is 0.125. The summed E-state index contributed by atoms with van der Waals surface area (Å²) in [6.45, 7) is 3.78. The van der Waals surface area contributed by atoms with Crippen LogP contribution in [0.2, 0.25) is 0 Å². The summed E-state index contributed by atoms with van der Waals surface area (Å²) in [6, 6.07) is 4.50. The van der Waals surface area contributed by atoms with Gasteiger partial charge in [0.25, 0.3) is 0 Å². The van der Waals surface area contributed by atoms with Crippen molar-refractivity contribution in [2.75, 3.05) is 0 Å². The molecule has 1 aromatic rings. The molecule has 0 aromatic heterocycles. The fourth-order valence-electron chi connectivity index (χ4n) is 2.45. The molecule has 2 rings (SSSR count). The lowest BCUT2D eigenvalue weighted by atomic mass is 9.73. The third-order valence-corrected chi connectivity index (χ3v) is 3.47. The van der Waals surface area contributed by atoms with Gasteiger partial charge in [-0.3, -0.25) is 0 Å². The van der Waals surface area contributed by atoms with Crippen molar-refractivity contribution in [2.45, 2.75) is 11.8 Å². The van der Waals surface area contributed by atoms with Gasteiger partial charge >= 0.3 is 11.9 Å². The van der Waals surface area contributed by atoms with Crippen LogP contribution in [0.15, 0.2) is 55.2 Å². The van der Waals surface area contributed by atoms with Crippen LogP contribution in [-0.2, 0) is 5.41 Å². The number of carboxylic acid groups (broad SMARTS) is 2. The second kappa shape index (κ2) is 5.17. The topological polar surface area (TPSA) is 74.6 Å². The fourth-order valence-corrected chi connectivity index (χ4v) is 2.45. The van der Waals surface area contributed by atoms with Crippen LogP contribution in [0.5, 0.6) is 0 Å². The summed E-state index contributed by atoms with van der Waals surface area (Å²) < 4.78 is 0. The van der Waals surface area contributed by atoms with Gasteiger partial charge in [-0.15, -0.1) is 6.58 Å². The summed E-state index contributed by atoms with van der Waals surface area (Å²) in [5.41, 5.74) is -0.631. The molecule has 102 valence electrons. The Morgan fingerprint density at radius 2 is 1.95 bits per heavy atom. The number of allylic oxidation sites excluding steroid dienone is 5. The van der Waals surface area contributed by atoms with Gasteiger partial charge in [-0.2, -0.15) is 0 Å². The van der Waals surface area contributed by atoms with Crippen molar-refractivity contribution in [3.8, 4) is 0 Å². The Hall–Kier alpha value is -2.62. The van der Waals surface area contributed by atoms with Crippen LogP contribution in [0.25, 0.3) is 0 Å². The lowest BCUT2D eigenvalue weighted by Crippen LogP contribution is -2.26. The van der Waals surface area contributed by atoms with E-state index in [1.54, 1.807) is 18.2 Å². The molecule has 0 heterocycles. The van der Waals surface area contributed by atoms with E-state index in [2.05, 4.69) is 6.58 Å².